The first kappa shape index (κ1) is 16.0. The lowest BCUT2D eigenvalue weighted by Gasteiger charge is -2.27. The first-order valence-corrected chi connectivity index (χ1v) is 7.05. The standard InChI is InChI=1S/C14H25NO4/c1-9(2)13(16)18-10(3)19-14(17)12-6-4-11(8-15)5-7-12/h9-12H,4-8,15H2,1-3H3/t10?,11-,12-. The number of ether oxygens (including phenoxy) is 2. The van der Waals surface area contributed by atoms with E-state index in [0.717, 1.165) is 25.7 Å². The maximum absolute atomic E-state index is 11.9. The molecule has 1 saturated carbocycles. The maximum Gasteiger partial charge on any atom is 0.311 e. The molecular formula is C14H25NO4. The highest BCUT2D eigenvalue weighted by Gasteiger charge is 2.28. The van der Waals surface area contributed by atoms with Gasteiger partial charge in [0.1, 0.15) is 0 Å². The van der Waals surface area contributed by atoms with E-state index in [9.17, 15) is 9.59 Å². The molecule has 0 amide bonds. The van der Waals surface area contributed by atoms with Crippen LogP contribution in [0.3, 0.4) is 0 Å². The summed E-state index contributed by atoms with van der Waals surface area (Å²) in [5.74, 6) is -0.393. The fraction of sp³-hybridized carbons (Fsp3) is 0.857. The van der Waals surface area contributed by atoms with Crippen molar-refractivity contribution in [2.24, 2.45) is 23.5 Å². The van der Waals surface area contributed by atoms with Gasteiger partial charge < -0.3 is 15.2 Å². The van der Waals surface area contributed by atoms with Gasteiger partial charge in [0, 0.05) is 6.92 Å². The van der Waals surface area contributed by atoms with Crippen molar-refractivity contribution in [2.75, 3.05) is 6.54 Å². The molecule has 0 radical (unpaired) electrons. The van der Waals surface area contributed by atoms with Crippen molar-refractivity contribution < 1.29 is 19.1 Å². The van der Waals surface area contributed by atoms with Gasteiger partial charge >= 0.3 is 11.9 Å². The van der Waals surface area contributed by atoms with Crippen LogP contribution in [-0.4, -0.2) is 24.8 Å². The summed E-state index contributed by atoms with van der Waals surface area (Å²) in [6.45, 7) is 5.74. The van der Waals surface area contributed by atoms with Gasteiger partial charge in [0.2, 0.25) is 6.29 Å². The van der Waals surface area contributed by atoms with E-state index >= 15 is 0 Å². The molecule has 0 spiro atoms. The third-order valence-corrected chi connectivity index (χ3v) is 3.55. The Bertz CT molecular complexity index is 309. The number of carbonyl (C=O) groups is 2. The smallest absolute Gasteiger partial charge is 0.311 e. The Labute approximate surface area is 114 Å². The first-order chi connectivity index (χ1) is 8.93. The summed E-state index contributed by atoms with van der Waals surface area (Å²) in [5, 5.41) is 0. The largest absolute Gasteiger partial charge is 0.425 e. The van der Waals surface area contributed by atoms with Gasteiger partial charge in [0.25, 0.3) is 0 Å². The van der Waals surface area contributed by atoms with Gasteiger partial charge in [0.15, 0.2) is 0 Å². The molecule has 0 heterocycles. The lowest BCUT2D eigenvalue weighted by molar-refractivity contribution is -0.190. The molecule has 1 fully saturated rings. The van der Waals surface area contributed by atoms with E-state index in [1.807, 2.05) is 0 Å². The number of carbonyl (C=O) groups excluding carboxylic acids is 2. The fourth-order valence-corrected chi connectivity index (χ4v) is 2.22. The highest BCUT2D eigenvalue weighted by Crippen LogP contribution is 2.29. The van der Waals surface area contributed by atoms with E-state index in [4.69, 9.17) is 15.2 Å². The molecule has 0 aromatic heterocycles. The van der Waals surface area contributed by atoms with Crippen LogP contribution in [0.25, 0.3) is 0 Å². The Balaban J connectivity index is 2.33. The van der Waals surface area contributed by atoms with E-state index in [1.165, 1.54) is 0 Å². The van der Waals surface area contributed by atoms with Crippen molar-refractivity contribution in [1.29, 1.82) is 0 Å². The van der Waals surface area contributed by atoms with Crippen molar-refractivity contribution >= 4 is 11.9 Å². The SMILES string of the molecule is CC(OC(=O)C(C)C)OC(=O)[C@H]1CC[C@H](CN)CC1. The summed E-state index contributed by atoms with van der Waals surface area (Å²) in [6, 6.07) is 0. The predicted octanol–water partition coefficient (Wildman–Crippen LogP) is 1.84. The topological polar surface area (TPSA) is 78.6 Å². The molecule has 5 nitrogen and oxygen atoms in total. The van der Waals surface area contributed by atoms with Crippen molar-refractivity contribution in [3.05, 3.63) is 0 Å². The Morgan fingerprint density at radius 1 is 1.11 bits per heavy atom. The molecule has 2 N–H and O–H groups in total. The molecule has 0 saturated heterocycles. The molecule has 0 aromatic rings. The third kappa shape index (κ3) is 5.19. The second-order valence-electron chi connectivity index (χ2n) is 5.55. The Morgan fingerprint density at radius 3 is 2.16 bits per heavy atom. The van der Waals surface area contributed by atoms with E-state index in [2.05, 4.69) is 0 Å². The van der Waals surface area contributed by atoms with E-state index in [-0.39, 0.29) is 23.8 Å². The molecule has 1 atom stereocenters. The monoisotopic (exact) mass is 271 g/mol. The zero-order chi connectivity index (χ0) is 14.4. The van der Waals surface area contributed by atoms with Gasteiger partial charge in [-0.2, -0.15) is 0 Å². The average Bonchev–Trinajstić information content (AvgIpc) is 2.38. The van der Waals surface area contributed by atoms with Crippen molar-refractivity contribution in [3.8, 4) is 0 Å². The van der Waals surface area contributed by atoms with E-state index in [0.29, 0.717) is 12.5 Å². The van der Waals surface area contributed by atoms with Gasteiger partial charge in [-0.25, -0.2) is 0 Å². The molecule has 1 aliphatic carbocycles. The zero-order valence-corrected chi connectivity index (χ0v) is 12.1. The fourth-order valence-electron chi connectivity index (χ4n) is 2.22. The highest BCUT2D eigenvalue weighted by atomic mass is 16.7. The molecule has 0 bridgehead atoms. The second kappa shape index (κ2) is 7.48. The first-order valence-electron chi connectivity index (χ1n) is 7.05. The van der Waals surface area contributed by atoms with Crippen LogP contribution >= 0.6 is 0 Å². The predicted molar refractivity (Wildman–Crippen MR) is 71.0 cm³/mol. The Kier molecular flexibility index (Phi) is 6.28. The second-order valence-corrected chi connectivity index (χ2v) is 5.55. The van der Waals surface area contributed by atoms with Gasteiger partial charge in [-0.15, -0.1) is 0 Å². The van der Waals surface area contributed by atoms with Crippen molar-refractivity contribution in [3.63, 3.8) is 0 Å². The quantitative estimate of drug-likeness (QED) is 0.609. The van der Waals surface area contributed by atoms with Crippen LogP contribution < -0.4 is 5.73 Å². The van der Waals surface area contributed by atoms with Crippen molar-refractivity contribution in [2.45, 2.75) is 52.7 Å². The van der Waals surface area contributed by atoms with Crippen LogP contribution in [0.5, 0.6) is 0 Å². The maximum atomic E-state index is 11.9. The number of hydrogen-bond acceptors (Lipinski definition) is 5. The summed E-state index contributed by atoms with van der Waals surface area (Å²) >= 11 is 0. The van der Waals surface area contributed by atoms with Gasteiger partial charge in [-0.05, 0) is 38.1 Å². The lowest BCUT2D eigenvalue weighted by Crippen LogP contribution is -2.31. The minimum absolute atomic E-state index is 0.0806. The Morgan fingerprint density at radius 2 is 1.68 bits per heavy atom. The number of hydrogen-bond donors (Lipinski definition) is 1. The number of rotatable bonds is 5. The molecular weight excluding hydrogens is 246 g/mol. The normalized spacial score (nSPS) is 24.9. The molecule has 1 unspecified atom stereocenters. The summed E-state index contributed by atoms with van der Waals surface area (Å²) in [7, 11) is 0. The highest BCUT2D eigenvalue weighted by molar-refractivity contribution is 5.74. The van der Waals surface area contributed by atoms with Crippen molar-refractivity contribution in [1.82, 2.24) is 0 Å². The van der Waals surface area contributed by atoms with E-state index in [1.54, 1.807) is 20.8 Å². The Hall–Kier alpha value is -1.10. The molecule has 0 aromatic carbocycles. The summed E-state index contributed by atoms with van der Waals surface area (Å²) in [4.78, 5) is 23.3. The number of esters is 2. The summed E-state index contributed by atoms with van der Waals surface area (Å²) in [5.41, 5.74) is 5.61. The summed E-state index contributed by atoms with van der Waals surface area (Å²) < 4.78 is 10.2. The van der Waals surface area contributed by atoms with Crippen LogP contribution in [0.1, 0.15) is 46.5 Å². The summed E-state index contributed by atoms with van der Waals surface area (Å²) in [6.07, 6.45) is 2.75. The van der Waals surface area contributed by atoms with Gasteiger partial charge in [-0.1, -0.05) is 13.8 Å². The number of nitrogens with two attached hydrogens (primary N) is 1. The van der Waals surface area contributed by atoms with Gasteiger partial charge in [0.05, 0.1) is 11.8 Å². The van der Waals surface area contributed by atoms with Crippen LogP contribution in [0, 0.1) is 17.8 Å². The molecule has 1 aliphatic rings. The molecule has 110 valence electrons. The molecule has 0 aliphatic heterocycles. The molecule has 19 heavy (non-hydrogen) atoms. The average molecular weight is 271 g/mol. The van der Waals surface area contributed by atoms with Crippen LogP contribution in [0.2, 0.25) is 0 Å². The van der Waals surface area contributed by atoms with Crippen LogP contribution in [-0.2, 0) is 19.1 Å². The minimum Gasteiger partial charge on any atom is -0.425 e. The van der Waals surface area contributed by atoms with Crippen LogP contribution in [0.15, 0.2) is 0 Å². The third-order valence-electron chi connectivity index (χ3n) is 3.55. The molecule has 1 rings (SSSR count). The minimum atomic E-state index is -0.811. The molecule has 5 heteroatoms. The van der Waals surface area contributed by atoms with E-state index < -0.39 is 6.29 Å². The van der Waals surface area contributed by atoms with Gasteiger partial charge in [-0.3, -0.25) is 9.59 Å². The van der Waals surface area contributed by atoms with Crippen LogP contribution in [0.4, 0.5) is 0 Å². The zero-order valence-electron chi connectivity index (χ0n) is 12.1. The lowest BCUT2D eigenvalue weighted by atomic mass is 9.82.